The number of carbonyl (C=O) groups is 1. The molecule has 0 heterocycles. The number of nitrogens with one attached hydrogen (secondary N) is 1. The molecule has 0 saturated carbocycles. The average molecular weight is 227 g/mol. The van der Waals surface area contributed by atoms with E-state index in [1.54, 1.807) is 12.1 Å². The molecule has 0 unspecified atom stereocenters. The number of hydrogen-bond donors (Lipinski definition) is 2. The summed E-state index contributed by atoms with van der Waals surface area (Å²) in [4.78, 5) is 11.5. The lowest BCUT2D eigenvalue weighted by atomic mass is 10.1. The first kappa shape index (κ1) is 12.0. The molecule has 0 fully saturated rings. The fraction of sp³-hybridized carbons (Fsp3) is 0.364. The molecule has 0 aromatic heterocycles. The SMILES string of the molecule is C[C@H](CN)NC(=O)Cc1cccc(Cl)c1. The van der Waals surface area contributed by atoms with E-state index in [1.165, 1.54) is 0 Å². The van der Waals surface area contributed by atoms with Crippen LogP contribution in [-0.2, 0) is 11.2 Å². The zero-order valence-electron chi connectivity index (χ0n) is 8.66. The van der Waals surface area contributed by atoms with Crippen molar-refractivity contribution < 1.29 is 4.79 Å². The number of rotatable bonds is 4. The second-order valence-electron chi connectivity index (χ2n) is 3.51. The van der Waals surface area contributed by atoms with Crippen LogP contribution in [0.3, 0.4) is 0 Å². The Morgan fingerprint density at radius 3 is 2.93 bits per heavy atom. The number of halogens is 1. The highest BCUT2D eigenvalue weighted by atomic mass is 35.5. The third kappa shape index (κ3) is 4.32. The normalized spacial score (nSPS) is 12.2. The van der Waals surface area contributed by atoms with Crippen molar-refractivity contribution in [2.75, 3.05) is 6.54 Å². The molecule has 3 nitrogen and oxygen atoms in total. The maximum Gasteiger partial charge on any atom is 0.224 e. The van der Waals surface area contributed by atoms with Gasteiger partial charge in [-0.1, -0.05) is 23.7 Å². The van der Waals surface area contributed by atoms with Crippen molar-refractivity contribution >= 4 is 17.5 Å². The van der Waals surface area contributed by atoms with Crippen molar-refractivity contribution in [3.05, 3.63) is 34.9 Å². The van der Waals surface area contributed by atoms with Gasteiger partial charge in [-0.3, -0.25) is 4.79 Å². The predicted octanol–water partition coefficient (Wildman–Crippen LogP) is 1.35. The summed E-state index contributed by atoms with van der Waals surface area (Å²) >= 11 is 5.81. The van der Waals surface area contributed by atoms with E-state index >= 15 is 0 Å². The third-order valence-electron chi connectivity index (χ3n) is 2.01. The van der Waals surface area contributed by atoms with Crippen LogP contribution in [-0.4, -0.2) is 18.5 Å². The fourth-order valence-corrected chi connectivity index (χ4v) is 1.43. The molecule has 0 spiro atoms. The lowest BCUT2D eigenvalue weighted by molar-refractivity contribution is -0.120. The van der Waals surface area contributed by atoms with Crippen LogP contribution in [0.4, 0.5) is 0 Å². The van der Waals surface area contributed by atoms with Crippen molar-refractivity contribution in [2.45, 2.75) is 19.4 Å². The fourth-order valence-electron chi connectivity index (χ4n) is 1.22. The Morgan fingerprint density at radius 1 is 1.60 bits per heavy atom. The van der Waals surface area contributed by atoms with Gasteiger partial charge in [0.05, 0.1) is 6.42 Å². The van der Waals surface area contributed by atoms with E-state index in [2.05, 4.69) is 5.32 Å². The zero-order valence-corrected chi connectivity index (χ0v) is 9.42. The maximum atomic E-state index is 11.5. The minimum atomic E-state index is -0.0322. The van der Waals surface area contributed by atoms with Gasteiger partial charge in [0.1, 0.15) is 0 Å². The second-order valence-corrected chi connectivity index (χ2v) is 3.95. The Hall–Kier alpha value is -1.06. The highest BCUT2D eigenvalue weighted by molar-refractivity contribution is 6.30. The Labute approximate surface area is 94.6 Å². The van der Waals surface area contributed by atoms with Gasteiger partial charge in [0.25, 0.3) is 0 Å². The lowest BCUT2D eigenvalue weighted by Gasteiger charge is -2.11. The minimum absolute atomic E-state index is 0.0108. The van der Waals surface area contributed by atoms with Crippen LogP contribution in [0.5, 0.6) is 0 Å². The van der Waals surface area contributed by atoms with Gasteiger partial charge in [-0.25, -0.2) is 0 Å². The van der Waals surface area contributed by atoms with E-state index in [-0.39, 0.29) is 11.9 Å². The summed E-state index contributed by atoms with van der Waals surface area (Å²) in [7, 11) is 0. The molecular formula is C11H15ClN2O. The van der Waals surface area contributed by atoms with Crippen LogP contribution < -0.4 is 11.1 Å². The van der Waals surface area contributed by atoms with E-state index in [0.29, 0.717) is 18.0 Å². The lowest BCUT2D eigenvalue weighted by Crippen LogP contribution is -2.38. The average Bonchev–Trinajstić information content (AvgIpc) is 2.17. The Kier molecular flexibility index (Phi) is 4.59. The van der Waals surface area contributed by atoms with Gasteiger partial charge < -0.3 is 11.1 Å². The van der Waals surface area contributed by atoms with Crippen molar-refractivity contribution in [3.8, 4) is 0 Å². The number of hydrogen-bond acceptors (Lipinski definition) is 2. The van der Waals surface area contributed by atoms with E-state index < -0.39 is 0 Å². The Balaban J connectivity index is 2.51. The molecule has 82 valence electrons. The molecule has 15 heavy (non-hydrogen) atoms. The summed E-state index contributed by atoms with van der Waals surface area (Å²) in [5.74, 6) is -0.0322. The van der Waals surface area contributed by atoms with Gasteiger partial charge >= 0.3 is 0 Å². The van der Waals surface area contributed by atoms with E-state index in [1.807, 2.05) is 19.1 Å². The summed E-state index contributed by atoms with van der Waals surface area (Å²) in [6.45, 7) is 2.32. The molecule has 1 amide bonds. The predicted molar refractivity (Wildman–Crippen MR) is 61.8 cm³/mol. The smallest absolute Gasteiger partial charge is 0.224 e. The van der Waals surface area contributed by atoms with Gasteiger partial charge in [-0.15, -0.1) is 0 Å². The highest BCUT2D eigenvalue weighted by Gasteiger charge is 2.06. The van der Waals surface area contributed by atoms with Crippen LogP contribution in [0.25, 0.3) is 0 Å². The number of nitrogens with two attached hydrogens (primary N) is 1. The van der Waals surface area contributed by atoms with E-state index in [9.17, 15) is 4.79 Å². The van der Waals surface area contributed by atoms with Gasteiger partial charge in [-0.05, 0) is 24.6 Å². The zero-order chi connectivity index (χ0) is 11.3. The van der Waals surface area contributed by atoms with Crippen molar-refractivity contribution in [2.24, 2.45) is 5.73 Å². The van der Waals surface area contributed by atoms with Gasteiger partial charge in [-0.2, -0.15) is 0 Å². The molecule has 4 heteroatoms. The van der Waals surface area contributed by atoms with Gasteiger partial charge in [0.2, 0.25) is 5.91 Å². The molecule has 0 radical (unpaired) electrons. The topological polar surface area (TPSA) is 55.1 Å². The Bertz CT molecular complexity index is 341. The Morgan fingerprint density at radius 2 is 2.33 bits per heavy atom. The van der Waals surface area contributed by atoms with Crippen LogP contribution in [0, 0.1) is 0 Å². The van der Waals surface area contributed by atoms with Crippen LogP contribution >= 0.6 is 11.6 Å². The summed E-state index contributed by atoms with van der Waals surface area (Å²) in [6.07, 6.45) is 0.338. The molecule has 1 aromatic carbocycles. The monoisotopic (exact) mass is 226 g/mol. The standard InChI is InChI=1S/C11H15ClN2O/c1-8(7-13)14-11(15)6-9-3-2-4-10(12)5-9/h2-5,8H,6-7,13H2,1H3,(H,14,15)/t8-/m1/s1. The molecule has 1 aromatic rings. The number of benzene rings is 1. The molecule has 0 bridgehead atoms. The first-order chi connectivity index (χ1) is 7.11. The molecular weight excluding hydrogens is 212 g/mol. The van der Waals surface area contributed by atoms with Gasteiger partial charge in [0, 0.05) is 17.6 Å². The molecule has 0 aliphatic heterocycles. The first-order valence-corrected chi connectivity index (χ1v) is 5.23. The third-order valence-corrected chi connectivity index (χ3v) is 2.25. The largest absolute Gasteiger partial charge is 0.352 e. The molecule has 1 rings (SSSR count). The molecule has 1 atom stereocenters. The number of carbonyl (C=O) groups excluding carboxylic acids is 1. The van der Waals surface area contributed by atoms with E-state index in [4.69, 9.17) is 17.3 Å². The van der Waals surface area contributed by atoms with Crippen LogP contribution in [0.1, 0.15) is 12.5 Å². The van der Waals surface area contributed by atoms with Crippen LogP contribution in [0.2, 0.25) is 5.02 Å². The van der Waals surface area contributed by atoms with Crippen LogP contribution in [0.15, 0.2) is 24.3 Å². The van der Waals surface area contributed by atoms with Gasteiger partial charge in [0.15, 0.2) is 0 Å². The molecule has 0 aliphatic carbocycles. The van der Waals surface area contributed by atoms with Crippen molar-refractivity contribution in [3.63, 3.8) is 0 Å². The quantitative estimate of drug-likeness (QED) is 0.814. The second kappa shape index (κ2) is 5.73. The summed E-state index contributed by atoms with van der Waals surface area (Å²) in [5, 5.41) is 3.44. The van der Waals surface area contributed by atoms with Crippen molar-refractivity contribution in [1.82, 2.24) is 5.32 Å². The molecule has 3 N–H and O–H groups in total. The van der Waals surface area contributed by atoms with Crippen molar-refractivity contribution in [1.29, 1.82) is 0 Å². The summed E-state index contributed by atoms with van der Waals surface area (Å²) in [6, 6.07) is 7.28. The summed E-state index contributed by atoms with van der Waals surface area (Å²) in [5.41, 5.74) is 6.31. The molecule has 0 saturated heterocycles. The number of amides is 1. The maximum absolute atomic E-state index is 11.5. The molecule has 0 aliphatic rings. The van der Waals surface area contributed by atoms with E-state index in [0.717, 1.165) is 5.56 Å². The highest BCUT2D eigenvalue weighted by Crippen LogP contribution is 2.10. The first-order valence-electron chi connectivity index (χ1n) is 4.85. The minimum Gasteiger partial charge on any atom is -0.352 e. The summed E-state index contributed by atoms with van der Waals surface area (Å²) < 4.78 is 0.